The number of rotatable bonds is 10. The molecule has 5 nitrogen and oxygen atoms in total. The normalized spacial score (nSPS) is 10.4. The molecule has 0 aliphatic rings. The average molecular weight is 459 g/mol. The number of hydrogen-bond acceptors (Lipinski definition) is 5. The Hall–Kier alpha value is -3.86. The van der Waals surface area contributed by atoms with Crippen LogP contribution in [0.3, 0.4) is 0 Å². The third-order valence-electron chi connectivity index (χ3n) is 5.21. The van der Waals surface area contributed by atoms with E-state index < -0.39 is 18.5 Å². The summed E-state index contributed by atoms with van der Waals surface area (Å²) in [6.45, 7) is 9.48. The highest BCUT2D eigenvalue weighted by Crippen LogP contribution is 2.31. The molecular weight excluding hydrogens is 428 g/mol. The second-order valence-electron chi connectivity index (χ2n) is 7.95. The summed E-state index contributed by atoms with van der Waals surface area (Å²) >= 11 is 0. The van der Waals surface area contributed by atoms with Crippen LogP contribution in [0, 0.1) is 0 Å². The Bertz CT molecular complexity index is 1140. The predicted octanol–water partition coefficient (Wildman–Crippen LogP) is 6.40. The lowest BCUT2D eigenvalue weighted by Crippen LogP contribution is -2.18. The van der Waals surface area contributed by atoms with E-state index in [4.69, 9.17) is 14.2 Å². The molecular formula is C29H30O5. The van der Waals surface area contributed by atoms with Crippen molar-refractivity contribution in [1.82, 2.24) is 0 Å². The molecule has 0 saturated carbocycles. The van der Waals surface area contributed by atoms with Gasteiger partial charge in [0.2, 0.25) is 0 Å². The molecule has 0 unspecified atom stereocenters. The van der Waals surface area contributed by atoms with Crippen LogP contribution in [0.4, 0.5) is 0 Å². The molecule has 0 N–H and O–H groups in total. The van der Waals surface area contributed by atoms with Gasteiger partial charge in [0.25, 0.3) is 0 Å². The molecule has 5 heteroatoms. The predicted molar refractivity (Wildman–Crippen MR) is 134 cm³/mol. The average Bonchev–Trinajstić information content (AvgIpc) is 2.86. The molecule has 3 rings (SSSR count). The summed E-state index contributed by atoms with van der Waals surface area (Å²) in [5, 5.41) is 0. The molecule has 34 heavy (non-hydrogen) atoms. The molecule has 0 aromatic heterocycles. The van der Waals surface area contributed by atoms with E-state index in [1.807, 2.05) is 24.3 Å². The Morgan fingerprint density at radius 1 is 0.824 bits per heavy atom. The number of ether oxygens (including phenoxy) is 3. The van der Waals surface area contributed by atoms with Crippen molar-refractivity contribution in [3.05, 3.63) is 84.4 Å². The van der Waals surface area contributed by atoms with Crippen LogP contribution in [-0.4, -0.2) is 25.2 Å². The minimum atomic E-state index is -0.647. The number of esters is 2. The fraction of sp³-hybridized carbons (Fsp3) is 0.241. The molecule has 0 spiro atoms. The topological polar surface area (TPSA) is 61.8 Å². The van der Waals surface area contributed by atoms with Crippen LogP contribution in [-0.2, 0) is 20.7 Å². The number of benzene rings is 3. The zero-order valence-corrected chi connectivity index (χ0v) is 19.9. The van der Waals surface area contributed by atoms with Gasteiger partial charge in [0, 0.05) is 5.57 Å². The van der Waals surface area contributed by atoms with E-state index >= 15 is 0 Å². The first kappa shape index (κ1) is 24.8. The van der Waals surface area contributed by atoms with Crippen molar-refractivity contribution in [2.24, 2.45) is 0 Å². The monoisotopic (exact) mass is 458 g/mol. The van der Waals surface area contributed by atoms with Crippen LogP contribution in [0.1, 0.15) is 32.8 Å². The second kappa shape index (κ2) is 11.8. The Morgan fingerprint density at radius 3 is 2.06 bits per heavy atom. The Morgan fingerprint density at radius 2 is 1.44 bits per heavy atom. The van der Waals surface area contributed by atoms with Crippen LogP contribution in [0.25, 0.3) is 22.3 Å². The van der Waals surface area contributed by atoms with Gasteiger partial charge in [-0.15, -0.1) is 0 Å². The van der Waals surface area contributed by atoms with Crippen LogP contribution >= 0.6 is 0 Å². The van der Waals surface area contributed by atoms with Crippen molar-refractivity contribution in [2.45, 2.75) is 33.6 Å². The summed E-state index contributed by atoms with van der Waals surface area (Å²) in [6.07, 6.45) is 1.88. The van der Waals surface area contributed by atoms with E-state index in [0.29, 0.717) is 12.4 Å². The first-order chi connectivity index (χ1) is 16.4. The largest absolute Gasteiger partial charge is 0.494 e. The highest BCUT2D eigenvalue weighted by molar-refractivity contribution is 5.88. The summed E-state index contributed by atoms with van der Waals surface area (Å²) in [7, 11) is 0. The van der Waals surface area contributed by atoms with Gasteiger partial charge in [0.15, 0.2) is 6.61 Å². The lowest BCUT2D eigenvalue weighted by Gasteiger charge is -2.13. The van der Waals surface area contributed by atoms with E-state index in [-0.39, 0.29) is 5.57 Å². The van der Waals surface area contributed by atoms with Gasteiger partial charge in [-0.25, -0.2) is 9.59 Å². The van der Waals surface area contributed by atoms with E-state index in [9.17, 15) is 9.59 Å². The van der Waals surface area contributed by atoms with E-state index in [0.717, 1.165) is 35.3 Å². The first-order valence-corrected chi connectivity index (χ1v) is 11.4. The number of aryl methyl sites for hydroxylation is 1. The maximum atomic E-state index is 11.9. The highest BCUT2D eigenvalue weighted by atomic mass is 16.6. The van der Waals surface area contributed by atoms with Crippen molar-refractivity contribution in [1.29, 1.82) is 0 Å². The van der Waals surface area contributed by atoms with Gasteiger partial charge in [0.05, 0.1) is 6.61 Å². The van der Waals surface area contributed by atoms with E-state index in [1.165, 1.54) is 18.1 Å². The fourth-order valence-electron chi connectivity index (χ4n) is 3.42. The molecule has 0 heterocycles. The zero-order chi connectivity index (χ0) is 24.5. The van der Waals surface area contributed by atoms with E-state index in [1.54, 1.807) is 12.1 Å². The van der Waals surface area contributed by atoms with Gasteiger partial charge in [-0.05, 0) is 71.8 Å². The van der Waals surface area contributed by atoms with Crippen LogP contribution in [0.15, 0.2) is 78.9 Å². The fourth-order valence-corrected chi connectivity index (χ4v) is 3.42. The number of carbonyl (C=O) groups excluding carboxylic acids is 2. The van der Waals surface area contributed by atoms with Gasteiger partial charge in [-0.3, -0.25) is 0 Å². The van der Waals surface area contributed by atoms with Crippen LogP contribution in [0.5, 0.6) is 11.5 Å². The third kappa shape index (κ3) is 6.58. The lowest BCUT2D eigenvalue weighted by molar-refractivity contribution is -0.150. The molecule has 3 aromatic rings. The molecule has 0 fully saturated rings. The highest BCUT2D eigenvalue weighted by Gasteiger charge is 2.11. The van der Waals surface area contributed by atoms with Crippen molar-refractivity contribution in [2.75, 3.05) is 13.2 Å². The minimum Gasteiger partial charge on any atom is -0.494 e. The van der Waals surface area contributed by atoms with E-state index in [2.05, 4.69) is 50.8 Å². The van der Waals surface area contributed by atoms with Crippen LogP contribution < -0.4 is 9.47 Å². The van der Waals surface area contributed by atoms with Gasteiger partial charge in [-0.1, -0.05) is 62.9 Å². The summed E-state index contributed by atoms with van der Waals surface area (Å²) in [4.78, 5) is 23.3. The summed E-state index contributed by atoms with van der Waals surface area (Å²) in [6, 6.07) is 21.9. The van der Waals surface area contributed by atoms with Crippen molar-refractivity contribution < 1.29 is 23.8 Å². The molecule has 0 saturated heterocycles. The molecule has 0 amide bonds. The maximum Gasteiger partial charge on any atom is 0.349 e. The Labute approximate surface area is 201 Å². The third-order valence-corrected chi connectivity index (χ3v) is 5.21. The minimum absolute atomic E-state index is 0.229. The maximum absolute atomic E-state index is 11.9. The number of hydrogen-bond donors (Lipinski definition) is 0. The van der Waals surface area contributed by atoms with Crippen molar-refractivity contribution >= 4 is 11.9 Å². The molecule has 3 aromatic carbocycles. The molecule has 0 atom stereocenters. The van der Waals surface area contributed by atoms with Crippen molar-refractivity contribution in [3.63, 3.8) is 0 Å². The van der Waals surface area contributed by atoms with Gasteiger partial charge in [-0.2, -0.15) is 0 Å². The standard InChI is InChI=1S/C29H30O5/c1-5-17-32-25-12-9-23(10-13-25)27-16-11-24(18-21(27)6-2)22-7-14-26(15-8-22)34-28(30)19-33-29(31)20(3)4/h7-16,18H,3,5-6,17,19H2,1-2,4H3. The Balaban J connectivity index is 1.69. The van der Waals surface area contributed by atoms with Crippen LogP contribution in [0.2, 0.25) is 0 Å². The second-order valence-corrected chi connectivity index (χ2v) is 7.95. The summed E-state index contributed by atoms with van der Waals surface area (Å²) < 4.78 is 15.7. The van der Waals surface area contributed by atoms with Crippen molar-refractivity contribution in [3.8, 4) is 33.8 Å². The smallest absolute Gasteiger partial charge is 0.349 e. The molecule has 176 valence electrons. The summed E-state index contributed by atoms with van der Waals surface area (Å²) in [5.41, 5.74) is 5.92. The lowest BCUT2D eigenvalue weighted by atomic mass is 9.93. The molecule has 0 aliphatic carbocycles. The van der Waals surface area contributed by atoms with Gasteiger partial charge >= 0.3 is 11.9 Å². The molecule has 0 radical (unpaired) electrons. The van der Waals surface area contributed by atoms with Gasteiger partial charge < -0.3 is 14.2 Å². The SMILES string of the molecule is C=C(C)C(=O)OCC(=O)Oc1ccc(-c2ccc(-c3ccc(OCCC)cc3)c(CC)c2)cc1. The number of carbonyl (C=O) groups is 2. The first-order valence-electron chi connectivity index (χ1n) is 11.4. The molecule has 0 bridgehead atoms. The molecule has 0 aliphatic heterocycles. The van der Waals surface area contributed by atoms with Gasteiger partial charge in [0.1, 0.15) is 11.5 Å². The summed E-state index contributed by atoms with van der Waals surface area (Å²) in [5.74, 6) is 0.00204. The zero-order valence-electron chi connectivity index (χ0n) is 19.9. The quantitative estimate of drug-likeness (QED) is 0.200. The Kier molecular flexibility index (Phi) is 8.63.